The van der Waals surface area contributed by atoms with Crippen LogP contribution in [0.15, 0.2) is 24.0 Å². The van der Waals surface area contributed by atoms with Crippen molar-refractivity contribution in [1.82, 2.24) is 10.2 Å². The molecule has 0 saturated carbocycles. The number of aromatic hydroxyl groups is 1. The number of aliphatic carboxylic acids is 1. The van der Waals surface area contributed by atoms with Crippen molar-refractivity contribution >= 4 is 17.8 Å². The lowest BCUT2D eigenvalue weighted by atomic mass is 9.52. The van der Waals surface area contributed by atoms with E-state index in [9.17, 15) is 29.7 Å². The molecule has 1 aromatic rings. The molecule has 1 saturated heterocycles. The number of hydrogen-bond donors (Lipinski definition) is 5. The number of aliphatic hydroxyl groups is 2. The van der Waals surface area contributed by atoms with Gasteiger partial charge in [0, 0.05) is 24.6 Å². The summed E-state index contributed by atoms with van der Waals surface area (Å²) in [6.45, 7) is 0.693. The summed E-state index contributed by atoms with van der Waals surface area (Å²) >= 11 is 0. The van der Waals surface area contributed by atoms with E-state index in [-0.39, 0.29) is 36.9 Å². The second-order valence-electron chi connectivity index (χ2n) is 10.1. The molecule has 11 nitrogen and oxygen atoms in total. The predicted octanol–water partition coefficient (Wildman–Crippen LogP) is -0.0549. The molecule has 2 aliphatic carbocycles. The Labute approximate surface area is 207 Å². The molecule has 5 rings (SSSR count). The number of phenolic OH excluding ortho intramolecular Hbond substituents is 1. The SMILES string of the molecule is CN1CCC[C@]23c4c5ccc(O)c4O[C@H]2C(OC(=O)CCNC(=O)C[C@H](O)C(=O)O)=CC[C@@]3(O)[C@H]1C5. The van der Waals surface area contributed by atoms with Crippen molar-refractivity contribution < 1.29 is 44.3 Å². The van der Waals surface area contributed by atoms with Gasteiger partial charge in [0.2, 0.25) is 5.91 Å². The van der Waals surface area contributed by atoms with Gasteiger partial charge in [-0.3, -0.25) is 9.59 Å². The van der Waals surface area contributed by atoms with Gasteiger partial charge in [-0.05, 0) is 50.6 Å². The Balaban J connectivity index is 1.36. The van der Waals surface area contributed by atoms with E-state index in [4.69, 9.17) is 14.6 Å². The van der Waals surface area contributed by atoms with Gasteiger partial charge in [-0.1, -0.05) is 6.07 Å². The van der Waals surface area contributed by atoms with Gasteiger partial charge in [0.1, 0.15) is 5.76 Å². The van der Waals surface area contributed by atoms with Crippen molar-refractivity contribution in [2.24, 2.45) is 0 Å². The smallest absolute Gasteiger partial charge is 0.333 e. The number of hydrogen-bond acceptors (Lipinski definition) is 9. The summed E-state index contributed by atoms with van der Waals surface area (Å²) in [5.41, 5.74) is -0.251. The van der Waals surface area contributed by atoms with Crippen molar-refractivity contribution in [2.45, 2.75) is 67.8 Å². The molecule has 5 atom stereocenters. The molecular formula is C25H30N2O9. The quantitative estimate of drug-likeness (QED) is 0.319. The molecule has 1 spiro atoms. The number of esters is 1. The van der Waals surface area contributed by atoms with Crippen molar-refractivity contribution in [2.75, 3.05) is 20.1 Å². The normalized spacial score (nSPS) is 30.8. The van der Waals surface area contributed by atoms with E-state index in [1.165, 1.54) is 0 Å². The number of carboxylic acid groups (broad SMARTS) is 1. The van der Waals surface area contributed by atoms with E-state index in [1.54, 1.807) is 12.1 Å². The molecule has 1 aromatic carbocycles. The summed E-state index contributed by atoms with van der Waals surface area (Å²) in [6.07, 6.45) is 0.517. The highest BCUT2D eigenvalue weighted by Crippen LogP contribution is 2.64. The van der Waals surface area contributed by atoms with Crippen LogP contribution in [0.4, 0.5) is 0 Å². The van der Waals surface area contributed by atoms with Crippen molar-refractivity contribution in [3.63, 3.8) is 0 Å². The molecule has 5 N–H and O–H groups in total. The molecule has 1 amide bonds. The maximum absolute atomic E-state index is 12.7. The average Bonchev–Trinajstić information content (AvgIpc) is 3.16. The van der Waals surface area contributed by atoms with E-state index in [2.05, 4.69) is 10.2 Å². The standard InChI is InChI=1S/C25H30N2O9/c1-27-10-2-7-24-20-13-3-4-14(28)21(20)36-22(24)16(5-8-25(24,34)17(27)11-13)35-19(31)6-9-26-18(30)12-15(29)23(32)33/h3-5,15,17,22,28-29,34H,2,6-12H2,1H3,(H,26,30)(H,32,33)/t15-,17+,22-,24-,25+/m0/s1. The minimum atomic E-state index is -1.82. The van der Waals surface area contributed by atoms with E-state index in [1.807, 2.05) is 13.1 Å². The molecule has 1 fully saturated rings. The summed E-state index contributed by atoms with van der Waals surface area (Å²) < 4.78 is 11.9. The minimum absolute atomic E-state index is 0.0205. The Kier molecular flexibility index (Phi) is 5.97. The van der Waals surface area contributed by atoms with Crippen molar-refractivity contribution in [3.05, 3.63) is 35.1 Å². The molecule has 2 heterocycles. The molecule has 2 aliphatic heterocycles. The number of likely N-dealkylation sites (tertiary alicyclic amines) is 1. The first kappa shape index (κ1) is 24.5. The van der Waals surface area contributed by atoms with Crippen LogP contribution in [0.3, 0.4) is 0 Å². The Morgan fingerprint density at radius 2 is 2.11 bits per heavy atom. The number of carbonyl (C=O) groups excluding carboxylic acids is 2. The molecule has 0 aromatic heterocycles. The molecular weight excluding hydrogens is 472 g/mol. The average molecular weight is 503 g/mol. The van der Waals surface area contributed by atoms with Crippen LogP contribution >= 0.6 is 0 Å². The largest absolute Gasteiger partial charge is 0.504 e. The zero-order chi connectivity index (χ0) is 25.8. The van der Waals surface area contributed by atoms with Crippen molar-refractivity contribution in [3.8, 4) is 11.5 Å². The fourth-order valence-corrected chi connectivity index (χ4v) is 6.51. The third-order valence-electron chi connectivity index (χ3n) is 8.12. The van der Waals surface area contributed by atoms with Crippen LogP contribution in [0, 0.1) is 0 Å². The van der Waals surface area contributed by atoms with Gasteiger partial charge in [0.25, 0.3) is 0 Å². The molecule has 2 bridgehead atoms. The topological polar surface area (TPSA) is 166 Å². The lowest BCUT2D eigenvalue weighted by molar-refractivity contribution is -0.150. The molecule has 4 aliphatic rings. The highest BCUT2D eigenvalue weighted by molar-refractivity contribution is 5.83. The fourth-order valence-electron chi connectivity index (χ4n) is 6.51. The Morgan fingerprint density at radius 1 is 1.33 bits per heavy atom. The van der Waals surface area contributed by atoms with Crippen LogP contribution in [-0.2, 0) is 31.0 Å². The minimum Gasteiger partial charge on any atom is -0.504 e. The Hall–Kier alpha value is -3.15. The Bertz CT molecular complexity index is 1150. The zero-order valence-electron chi connectivity index (χ0n) is 19.9. The molecule has 0 radical (unpaired) electrons. The van der Waals surface area contributed by atoms with E-state index < -0.39 is 47.5 Å². The number of benzene rings is 1. The van der Waals surface area contributed by atoms with Crippen LogP contribution < -0.4 is 10.1 Å². The first-order valence-corrected chi connectivity index (χ1v) is 12.1. The summed E-state index contributed by atoms with van der Waals surface area (Å²) in [4.78, 5) is 37.2. The van der Waals surface area contributed by atoms with Crippen LogP contribution in [0.2, 0.25) is 0 Å². The van der Waals surface area contributed by atoms with Crippen LogP contribution in [0.5, 0.6) is 11.5 Å². The molecule has 194 valence electrons. The lowest BCUT2D eigenvalue weighted by Gasteiger charge is -2.56. The highest BCUT2D eigenvalue weighted by Gasteiger charge is 2.71. The zero-order valence-corrected chi connectivity index (χ0v) is 19.9. The molecule has 36 heavy (non-hydrogen) atoms. The van der Waals surface area contributed by atoms with Gasteiger partial charge in [-0.2, -0.15) is 0 Å². The van der Waals surface area contributed by atoms with Crippen LogP contribution in [-0.4, -0.2) is 87.2 Å². The number of phenols is 1. The summed E-state index contributed by atoms with van der Waals surface area (Å²) in [5.74, 6) is -2.27. The lowest BCUT2D eigenvalue weighted by Crippen LogP contribution is -2.69. The number of nitrogens with one attached hydrogen (secondary N) is 1. The number of carbonyl (C=O) groups is 3. The fraction of sp³-hybridized carbons (Fsp3) is 0.560. The maximum Gasteiger partial charge on any atom is 0.333 e. The summed E-state index contributed by atoms with van der Waals surface area (Å²) in [5, 5.41) is 43.2. The van der Waals surface area contributed by atoms with Gasteiger partial charge in [-0.15, -0.1) is 0 Å². The molecule has 0 unspecified atom stereocenters. The first-order chi connectivity index (χ1) is 17.1. The number of likely N-dealkylation sites (N-methyl/N-ethyl adjacent to an activating group) is 1. The number of rotatable bonds is 7. The summed E-state index contributed by atoms with van der Waals surface area (Å²) in [6, 6.07) is 3.30. The summed E-state index contributed by atoms with van der Waals surface area (Å²) in [7, 11) is 2.00. The monoisotopic (exact) mass is 502 g/mol. The van der Waals surface area contributed by atoms with Crippen molar-refractivity contribution in [1.29, 1.82) is 0 Å². The third-order valence-corrected chi connectivity index (χ3v) is 8.12. The van der Waals surface area contributed by atoms with Gasteiger partial charge in [-0.25, -0.2) is 4.79 Å². The molecule has 11 heteroatoms. The van der Waals surface area contributed by atoms with E-state index in [0.29, 0.717) is 18.6 Å². The second kappa shape index (κ2) is 8.75. The van der Waals surface area contributed by atoms with E-state index in [0.717, 1.165) is 24.1 Å². The van der Waals surface area contributed by atoms with E-state index >= 15 is 0 Å². The van der Waals surface area contributed by atoms with Gasteiger partial charge < -0.3 is 40.1 Å². The number of carboxylic acids is 1. The maximum atomic E-state index is 12.7. The third kappa shape index (κ3) is 3.56. The Morgan fingerprint density at radius 3 is 2.86 bits per heavy atom. The predicted molar refractivity (Wildman–Crippen MR) is 123 cm³/mol. The highest BCUT2D eigenvalue weighted by atomic mass is 16.6. The number of amides is 1. The number of aliphatic hydroxyl groups excluding tert-OH is 1. The number of nitrogens with zero attached hydrogens (tertiary/aromatic N) is 1. The van der Waals surface area contributed by atoms with Gasteiger partial charge in [0.15, 0.2) is 23.7 Å². The second-order valence-corrected chi connectivity index (χ2v) is 10.1. The van der Waals surface area contributed by atoms with Crippen LogP contribution in [0.1, 0.15) is 43.2 Å². The first-order valence-electron chi connectivity index (χ1n) is 12.1. The number of ether oxygens (including phenoxy) is 2. The van der Waals surface area contributed by atoms with Gasteiger partial charge in [0.05, 0.1) is 23.9 Å². The van der Waals surface area contributed by atoms with Gasteiger partial charge >= 0.3 is 11.9 Å². The van der Waals surface area contributed by atoms with Crippen LogP contribution in [0.25, 0.3) is 0 Å².